The van der Waals surface area contributed by atoms with Crippen molar-refractivity contribution in [3.8, 4) is 0 Å². The second-order valence-corrected chi connectivity index (χ2v) is 4.71. The molecule has 110 valence electrons. The maximum absolute atomic E-state index is 12.3. The van der Waals surface area contributed by atoms with Crippen molar-refractivity contribution in [2.45, 2.75) is 19.4 Å². The summed E-state index contributed by atoms with van der Waals surface area (Å²) in [6, 6.07) is 3.89. The van der Waals surface area contributed by atoms with E-state index >= 15 is 0 Å². The Balaban J connectivity index is 2.29. The van der Waals surface area contributed by atoms with Gasteiger partial charge >= 0.3 is 5.69 Å². The van der Waals surface area contributed by atoms with Crippen molar-refractivity contribution in [3.63, 3.8) is 0 Å². The number of rotatable bonds is 5. The fourth-order valence-corrected chi connectivity index (χ4v) is 2.20. The van der Waals surface area contributed by atoms with E-state index in [1.54, 1.807) is 12.4 Å². The molecule has 0 saturated carbocycles. The predicted molar refractivity (Wildman–Crippen MR) is 77.2 cm³/mol. The van der Waals surface area contributed by atoms with Gasteiger partial charge in [-0.1, -0.05) is 24.6 Å². The Labute approximate surface area is 125 Å². The molecule has 21 heavy (non-hydrogen) atoms. The summed E-state index contributed by atoms with van der Waals surface area (Å²) in [6.07, 6.45) is 3.81. The molecule has 0 fully saturated rings. The molecule has 1 amide bonds. The van der Waals surface area contributed by atoms with Gasteiger partial charge in [0.2, 0.25) is 0 Å². The lowest BCUT2D eigenvalue weighted by Crippen LogP contribution is -2.29. The van der Waals surface area contributed by atoms with Crippen LogP contribution < -0.4 is 5.32 Å². The molecule has 0 bridgehead atoms. The van der Waals surface area contributed by atoms with Crippen LogP contribution >= 0.6 is 11.6 Å². The molecule has 1 aromatic carbocycles. The van der Waals surface area contributed by atoms with E-state index in [1.807, 2.05) is 6.92 Å². The summed E-state index contributed by atoms with van der Waals surface area (Å²) in [6.45, 7) is 1.87. The van der Waals surface area contributed by atoms with Crippen LogP contribution in [0.1, 0.15) is 35.6 Å². The smallest absolute Gasteiger partial charge is 0.300 e. The van der Waals surface area contributed by atoms with Gasteiger partial charge in [-0.3, -0.25) is 14.9 Å². The lowest BCUT2D eigenvalue weighted by Gasteiger charge is -2.14. The lowest BCUT2D eigenvalue weighted by atomic mass is 10.1. The molecule has 7 nitrogen and oxygen atoms in total. The Bertz CT molecular complexity index is 657. The van der Waals surface area contributed by atoms with Crippen LogP contribution in [0.15, 0.2) is 30.6 Å². The van der Waals surface area contributed by atoms with Gasteiger partial charge in [0.25, 0.3) is 5.91 Å². The number of carbonyl (C=O) groups is 1. The summed E-state index contributed by atoms with van der Waals surface area (Å²) in [5.41, 5.74) is -0.469. The van der Waals surface area contributed by atoms with Crippen molar-refractivity contribution in [2.75, 3.05) is 0 Å². The highest BCUT2D eigenvalue weighted by Crippen LogP contribution is 2.28. The molecule has 1 heterocycles. The molecule has 2 N–H and O–H groups in total. The molecule has 1 aromatic heterocycles. The maximum Gasteiger partial charge on any atom is 0.300 e. The number of nitrogens with zero attached hydrogens (tertiary/aromatic N) is 2. The van der Waals surface area contributed by atoms with E-state index in [2.05, 4.69) is 15.3 Å². The number of hydrogen-bond acceptors (Lipinski definition) is 4. The number of para-hydroxylation sites is 1. The van der Waals surface area contributed by atoms with Crippen LogP contribution in [0.3, 0.4) is 0 Å². The van der Waals surface area contributed by atoms with E-state index < -0.39 is 16.5 Å². The third kappa shape index (κ3) is 3.19. The highest BCUT2D eigenvalue weighted by molar-refractivity contribution is 6.33. The fraction of sp³-hybridized carbons (Fsp3) is 0.231. The van der Waals surface area contributed by atoms with Crippen LogP contribution in [0.25, 0.3) is 0 Å². The van der Waals surface area contributed by atoms with Gasteiger partial charge in [-0.15, -0.1) is 0 Å². The Morgan fingerprint density at radius 2 is 2.33 bits per heavy atom. The number of aromatic amines is 1. The second kappa shape index (κ2) is 6.36. The molecule has 1 unspecified atom stereocenters. The van der Waals surface area contributed by atoms with Crippen LogP contribution in [0.5, 0.6) is 0 Å². The summed E-state index contributed by atoms with van der Waals surface area (Å²) < 4.78 is 0. The number of hydrogen-bond donors (Lipinski definition) is 2. The van der Waals surface area contributed by atoms with Crippen molar-refractivity contribution in [2.24, 2.45) is 0 Å². The van der Waals surface area contributed by atoms with Crippen LogP contribution in [-0.2, 0) is 0 Å². The van der Waals surface area contributed by atoms with Gasteiger partial charge in [-0.2, -0.15) is 0 Å². The summed E-state index contributed by atoms with van der Waals surface area (Å²) in [5.74, 6) is 0.0305. The number of nitrogens with one attached hydrogen (secondary N) is 2. The molecule has 2 rings (SSSR count). The van der Waals surface area contributed by atoms with Crippen LogP contribution in [0, 0.1) is 10.1 Å². The van der Waals surface area contributed by atoms with Crippen LogP contribution in [0.4, 0.5) is 5.69 Å². The largest absolute Gasteiger partial charge is 0.347 e. The second-order valence-electron chi connectivity index (χ2n) is 4.30. The molecule has 1 atom stereocenters. The van der Waals surface area contributed by atoms with Gasteiger partial charge in [-0.05, 0) is 18.6 Å². The van der Waals surface area contributed by atoms with Crippen molar-refractivity contribution in [1.82, 2.24) is 15.3 Å². The summed E-state index contributed by atoms with van der Waals surface area (Å²) >= 11 is 5.80. The van der Waals surface area contributed by atoms with Crippen LogP contribution in [-0.4, -0.2) is 20.8 Å². The average molecular weight is 309 g/mol. The average Bonchev–Trinajstić information content (AvgIpc) is 2.97. The SMILES string of the molecule is CCC(NC(=O)c1cccc(Cl)c1[N+](=O)[O-])c1ncc[nH]1. The minimum Gasteiger partial charge on any atom is -0.347 e. The quantitative estimate of drug-likeness (QED) is 0.655. The number of H-pyrrole nitrogens is 1. The topological polar surface area (TPSA) is 101 Å². The lowest BCUT2D eigenvalue weighted by molar-refractivity contribution is -0.385. The minimum absolute atomic E-state index is 0.0707. The molecule has 2 aromatic rings. The first-order valence-corrected chi connectivity index (χ1v) is 6.65. The minimum atomic E-state index is -0.662. The number of carbonyl (C=O) groups excluding carboxylic acids is 1. The van der Waals surface area contributed by atoms with E-state index in [-0.39, 0.29) is 16.6 Å². The Morgan fingerprint density at radius 3 is 2.90 bits per heavy atom. The van der Waals surface area contributed by atoms with E-state index in [0.29, 0.717) is 12.2 Å². The Kier molecular flexibility index (Phi) is 4.54. The van der Waals surface area contributed by atoms with E-state index in [1.165, 1.54) is 18.2 Å². The third-order valence-corrected chi connectivity index (χ3v) is 3.28. The normalized spacial score (nSPS) is 11.9. The molecular formula is C13H13ClN4O3. The molecular weight excluding hydrogens is 296 g/mol. The van der Waals surface area contributed by atoms with Gasteiger partial charge < -0.3 is 10.3 Å². The monoisotopic (exact) mass is 308 g/mol. The zero-order valence-electron chi connectivity index (χ0n) is 11.2. The number of imidazole rings is 1. The number of aromatic nitrogens is 2. The number of amides is 1. The zero-order chi connectivity index (χ0) is 15.4. The van der Waals surface area contributed by atoms with Gasteiger partial charge in [0, 0.05) is 12.4 Å². The van der Waals surface area contributed by atoms with Gasteiger partial charge in [-0.25, -0.2) is 4.98 Å². The molecule has 0 saturated heterocycles. The molecule has 8 heteroatoms. The number of halogens is 1. The number of nitro benzene ring substituents is 1. The molecule has 0 aliphatic heterocycles. The first-order valence-electron chi connectivity index (χ1n) is 6.27. The predicted octanol–water partition coefficient (Wildman–Crippen LogP) is 2.85. The summed E-state index contributed by atoms with van der Waals surface area (Å²) in [4.78, 5) is 29.6. The van der Waals surface area contributed by atoms with E-state index in [0.717, 1.165) is 0 Å². The van der Waals surface area contributed by atoms with Crippen LogP contribution in [0.2, 0.25) is 5.02 Å². The standard InChI is InChI=1S/C13H13ClN4O3/c1-2-10(12-15-6-7-16-12)17-13(19)8-4-3-5-9(14)11(8)18(20)21/h3-7,10H,2H2,1H3,(H,15,16)(H,17,19). The van der Waals surface area contributed by atoms with E-state index in [4.69, 9.17) is 11.6 Å². The fourth-order valence-electron chi connectivity index (χ4n) is 1.95. The zero-order valence-corrected chi connectivity index (χ0v) is 11.9. The molecule has 0 aliphatic carbocycles. The van der Waals surface area contributed by atoms with Gasteiger partial charge in [0.05, 0.1) is 11.0 Å². The van der Waals surface area contributed by atoms with E-state index in [9.17, 15) is 14.9 Å². The highest BCUT2D eigenvalue weighted by Gasteiger charge is 2.25. The Hall–Kier alpha value is -2.41. The van der Waals surface area contributed by atoms with Gasteiger partial charge in [0.15, 0.2) is 0 Å². The summed E-state index contributed by atoms with van der Waals surface area (Å²) in [7, 11) is 0. The van der Waals surface area contributed by atoms with Crippen molar-refractivity contribution < 1.29 is 9.72 Å². The molecule has 0 spiro atoms. The van der Waals surface area contributed by atoms with Gasteiger partial charge in [0.1, 0.15) is 16.4 Å². The van der Waals surface area contributed by atoms with Crippen molar-refractivity contribution >= 4 is 23.2 Å². The first-order chi connectivity index (χ1) is 10.0. The third-order valence-electron chi connectivity index (χ3n) is 2.98. The van der Waals surface area contributed by atoms with Crippen molar-refractivity contribution in [3.05, 3.63) is 57.1 Å². The molecule has 0 radical (unpaired) electrons. The molecule has 0 aliphatic rings. The number of benzene rings is 1. The number of nitro groups is 1. The Morgan fingerprint density at radius 1 is 1.57 bits per heavy atom. The first kappa shape index (κ1) is 15.0. The maximum atomic E-state index is 12.3. The highest BCUT2D eigenvalue weighted by atomic mass is 35.5. The summed E-state index contributed by atoms with van der Waals surface area (Å²) in [5, 5.41) is 13.7. The van der Waals surface area contributed by atoms with Crippen molar-refractivity contribution in [1.29, 1.82) is 0 Å².